The van der Waals surface area contributed by atoms with Gasteiger partial charge in [-0.2, -0.15) is 18.3 Å². The molecule has 1 rings (SSSR count). The Labute approximate surface area is 78.8 Å². The molecule has 0 saturated heterocycles. The van der Waals surface area contributed by atoms with E-state index < -0.39 is 11.9 Å². The van der Waals surface area contributed by atoms with Gasteiger partial charge in [0.1, 0.15) is 6.61 Å². The van der Waals surface area contributed by atoms with Crippen LogP contribution in [-0.2, 0) is 13.2 Å². The number of aryl methyl sites for hydroxylation is 1. The third-order valence-electron chi connectivity index (χ3n) is 1.38. The first-order valence-corrected chi connectivity index (χ1v) is 3.72. The first-order valence-electron chi connectivity index (χ1n) is 3.72. The molecule has 0 fully saturated rings. The summed E-state index contributed by atoms with van der Waals surface area (Å²) in [6.45, 7) is 3.49. The molecular formula is C8H8F3N2O. The number of hydrogen-bond donors (Lipinski definition) is 0. The molecule has 0 amide bonds. The molecule has 1 radical (unpaired) electrons. The molecule has 1 aromatic rings. The van der Waals surface area contributed by atoms with Gasteiger partial charge in [-0.3, -0.25) is 0 Å². The topological polar surface area (TPSA) is 27.1 Å². The van der Waals surface area contributed by atoms with Gasteiger partial charge in [0.25, 0.3) is 0 Å². The maximum absolute atomic E-state index is 12.1. The van der Waals surface area contributed by atoms with Crippen LogP contribution in [0, 0.1) is 6.07 Å². The zero-order valence-electron chi connectivity index (χ0n) is 7.43. The Morgan fingerprint density at radius 2 is 2.29 bits per heavy atom. The van der Waals surface area contributed by atoms with Crippen molar-refractivity contribution in [3.05, 3.63) is 24.4 Å². The van der Waals surface area contributed by atoms with Gasteiger partial charge < -0.3 is 4.74 Å². The Morgan fingerprint density at radius 1 is 1.64 bits per heavy atom. The van der Waals surface area contributed by atoms with Crippen molar-refractivity contribution in [2.45, 2.75) is 6.18 Å². The lowest BCUT2D eigenvalue weighted by atomic mass is 10.4. The molecule has 0 atom stereocenters. The Kier molecular flexibility index (Phi) is 2.83. The minimum atomic E-state index is -4.49. The first-order chi connectivity index (χ1) is 6.45. The van der Waals surface area contributed by atoms with E-state index in [0.29, 0.717) is 0 Å². The van der Waals surface area contributed by atoms with Crippen LogP contribution in [-0.4, -0.2) is 16.4 Å². The van der Waals surface area contributed by atoms with Crippen molar-refractivity contribution in [2.75, 3.05) is 6.61 Å². The summed E-state index contributed by atoms with van der Waals surface area (Å²) in [4.78, 5) is 0. The molecule has 0 spiro atoms. The highest BCUT2D eigenvalue weighted by Crippen LogP contribution is 2.29. The van der Waals surface area contributed by atoms with Crippen LogP contribution in [0.1, 0.15) is 5.69 Å². The van der Waals surface area contributed by atoms with Crippen molar-refractivity contribution in [3.8, 4) is 5.88 Å². The molecule has 1 heterocycles. The van der Waals surface area contributed by atoms with Crippen LogP contribution in [0.25, 0.3) is 0 Å². The largest absolute Gasteiger partial charge is 0.473 e. The third kappa shape index (κ3) is 2.27. The van der Waals surface area contributed by atoms with Crippen LogP contribution >= 0.6 is 0 Å². The summed E-state index contributed by atoms with van der Waals surface area (Å²) in [5.41, 5.74) is -1.08. The molecule has 0 saturated carbocycles. The smallest absolute Gasteiger partial charge is 0.435 e. The zero-order chi connectivity index (χ0) is 10.8. The van der Waals surface area contributed by atoms with E-state index in [1.807, 2.05) is 6.07 Å². The van der Waals surface area contributed by atoms with Gasteiger partial charge in [0.05, 0.1) is 6.07 Å². The number of alkyl halides is 3. The molecule has 0 unspecified atom stereocenters. The average molecular weight is 205 g/mol. The van der Waals surface area contributed by atoms with Crippen LogP contribution in [0.4, 0.5) is 13.2 Å². The normalized spacial score (nSPS) is 11.4. The number of ether oxygens (including phenoxy) is 1. The highest BCUT2D eigenvalue weighted by atomic mass is 19.4. The molecule has 0 N–H and O–H groups in total. The van der Waals surface area contributed by atoms with Gasteiger partial charge >= 0.3 is 6.18 Å². The zero-order valence-corrected chi connectivity index (χ0v) is 7.43. The molecule has 3 nitrogen and oxygen atoms in total. The summed E-state index contributed by atoms with van der Waals surface area (Å²) in [5.74, 6) is -0.0581. The van der Waals surface area contributed by atoms with E-state index in [0.717, 1.165) is 4.68 Å². The summed E-state index contributed by atoms with van der Waals surface area (Å²) >= 11 is 0. The molecular weight excluding hydrogens is 197 g/mol. The maximum Gasteiger partial charge on any atom is 0.435 e. The Bertz CT molecular complexity index is 330. The van der Waals surface area contributed by atoms with Crippen molar-refractivity contribution in [1.82, 2.24) is 9.78 Å². The minimum absolute atomic E-state index is 0.0581. The molecule has 0 aliphatic rings. The van der Waals surface area contributed by atoms with Crippen molar-refractivity contribution in [3.63, 3.8) is 0 Å². The number of rotatable bonds is 3. The number of hydrogen-bond acceptors (Lipinski definition) is 2. The highest BCUT2D eigenvalue weighted by Gasteiger charge is 2.35. The quantitative estimate of drug-likeness (QED) is 0.703. The van der Waals surface area contributed by atoms with Gasteiger partial charge in [-0.1, -0.05) is 12.7 Å². The highest BCUT2D eigenvalue weighted by molar-refractivity contribution is 5.16. The summed E-state index contributed by atoms with van der Waals surface area (Å²) in [5, 5.41) is 3.21. The van der Waals surface area contributed by atoms with Gasteiger partial charge in [0.2, 0.25) is 5.88 Å². The summed E-state index contributed by atoms with van der Waals surface area (Å²) in [7, 11) is 1.35. The second-order valence-electron chi connectivity index (χ2n) is 2.50. The molecule has 0 aliphatic carbocycles. The van der Waals surface area contributed by atoms with Gasteiger partial charge in [0.15, 0.2) is 5.69 Å². The fraction of sp³-hybridized carbons (Fsp3) is 0.375. The average Bonchev–Trinajstić information content (AvgIpc) is 2.43. The van der Waals surface area contributed by atoms with E-state index in [9.17, 15) is 13.2 Å². The molecule has 6 heteroatoms. The maximum atomic E-state index is 12.1. The Morgan fingerprint density at radius 3 is 2.71 bits per heavy atom. The lowest BCUT2D eigenvalue weighted by Crippen LogP contribution is -2.06. The Hall–Kier alpha value is -1.46. The van der Waals surface area contributed by atoms with E-state index in [2.05, 4.69) is 11.7 Å². The fourth-order valence-electron chi connectivity index (χ4n) is 0.798. The van der Waals surface area contributed by atoms with Gasteiger partial charge in [0, 0.05) is 7.05 Å². The summed E-state index contributed by atoms with van der Waals surface area (Å²) < 4.78 is 42.2. The van der Waals surface area contributed by atoms with Crippen LogP contribution in [0.2, 0.25) is 0 Å². The second-order valence-corrected chi connectivity index (χ2v) is 2.50. The molecule has 77 valence electrons. The van der Waals surface area contributed by atoms with Crippen molar-refractivity contribution in [2.24, 2.45) is 7.05 Å². The van der Waals surface area contributed by atoms with Gasteiger partial charge in [-0.05, 0) is 0 Å². The lowest BCUT2D eigenvalue weighted by molar-refractivity contribution is -0.141. The van der Waals surface area contributed by atoms with E-state index >= 15 is 0 Å². The summed E-state index contributed by atoms with van der Waals surface area (Å²) in [6.07, 6.45) is -3.07. The number of halogens is 3. The SMILES string of the molecule is C=CCOc1[c]c(C(F)(F)F)nn1C. The van der Waals surface area contributed by atoms with E-state index in [4.69, 9.17) is 4.74 Å². The van der Waals surface area contributed by atoms with Crippen LogP contribution in [0.5, 0.6) is 5.88 Å². The predicted molar refractivity (Wildman–Crippen MR) is 42.7 cm³/mol. The van der Waals surface area contributed by atoms with Crippen LogP contribution < -0.4 is 4.74 Å². The lowest BCUT2D eigenvalue weighted by Gasteiger charge is -2.00. The molecule has 0 aliphatic heterocycles. The molecule has 1 aromatic heterocycles. The molecule has 0 bridgehead atoms. The first kappa shape index (κ1) is 10.6. The van der Waals surface area contributed by atoms with E-state index in [1.165, 1.54) is 13.1 Å². The third-order valence-corrected chi connectivity index (χ3v) is 1.38. The van der Waals surface area contributed by atoms with Crippen molar-refractivity contribution in [1.29, 1.82) is 0 Å². The van der Waals surface area contributed by atoms with Gasteiger partial charge in [-0.15, -0.1) is 0 Å². The van der Waals surface area contributed by atoms with E-state index in [1.54, 1.807) is 0 Å². The number of aromatic nitrogens is 2. The fourth-order valence-corrected chi connectivity index (χ4v) is 0.798. The minimum Gasteiger partial charge on any atom is -0.473 e. The second kappa shape index (κ2) is 3.73. The predicted octanol–water partition coefficient (Wildman–Crippen LogP) is 1.80. The molecule has 14 heavy (non-hydrogen) atoms. The monoisotopic (exact) mass is 205 g/mol. The van der Waals surface area contributed by atoms with Gasteiger partial charge in [-0.25, -0.2) is 4.68 Å². The van der Waals surface area contributed by atoms with E-state index in [-0.39, 0.29) is 12.5 Å². The van der Waals surface area contributed by atoms with Crippen LogP contribution in [0.15, 0.2) is 12.7 Å². The standard InChI is InChI=1S/C8H8F3N2O/c1-3-4-14-7-5-6(8(9,10)11)12-13(7)2/h3H,1,4H2,2H3. The molecule has 0 aromatic carbocycles. The van der Waals surface area contributed by atoms with Crippen molar-refractivity contribution < 1.29 is 17.9 Å². The van der Waals surface area contributed by atoms with Crippen molar-refractivity contribution >= 4 is 0 Å². The summed E-state index contributed by atoms with van der Waals surface area (Å²) in [6, 6.07) is 2.01. The number of nitrogens with zero attached hydrogens (tertiary/aromatic N) is 2. The van der Waals surface area contributed by atoms with Crippen LogP contribution in [0.3, 0.4) is 0 Å². The Balaban J connectivity index is 2.87.